The zero-order valence-electron chi connectivity index (χ0n) is 23.2. The predicted molar refractivity (Wildman–Crippen MR) is 175 cm³/mol. The van der Waals surface area contributed by atoms with E-state index >= 15 is 0 Å². The van der Waals surface area contributed by atoms with Crippen LogP contribution in [0, 0.1) is 23.7 Å². The van der Waals surface area contributed by atoms with Crippen LogP contribution in [0.4, 0.5) is 0 Å². The van der Waals surface area contributed by atoms with Gasteiger partial charge in [0.25, 0.3) is 0 Å². The van der Waals surface area contributed by atoms with Crippen LogP contribution in [0.2, 0.25) is 0 Å². The van der Waals surface area contributed by atoms with Gasteiger partial charge in [0.2, 0.25) is 0 Å². The minimum atomic E-state index is 0.513. The fraction of sp³-hybridized carbons (Fsp3) is 0.368. The van der Waals surface area contributed by atoms with Crippen molar-refractivity contribution in [3.8, 4) is 0 Å². The van der Waals surface area contributed by atoms with Crippen LogP contribution in [-0.2, 0) is 0 Å². The summed E-state index contributed by atoms with van der Waals surface area (Å²) in [6.45, 7) is 0. The van der Waals surface area contributed by atoms with Gasteiger partial charge in [-0.2, -0.15) is 0 Å². The molecule has 1 aromatic carbocycles. The summed E-state index contributed by atoms with van der Waals surface area (Å²) in [5.74, 6) is 2.36. The minimum absolute atomic E-state index is 0.513. The Balaban J connectivity index is 1.33. The van der Waals surface area contributed by atoms with Gasteiger partial charge in [0.15, 0.2) is 0 Å². The van der Waals surface area contributed by atoms with Crippen molar-refractivity contribution in [2.45, 2.75) is 61.9 Å². The SMILES string of the molecule is C1=CCC(C2=C3C(CC=C2)SC2=C(CCC(c4ccccc4)=C2)C3C2C3=C(CCC=C3)SC3C=CCCC32)C=C1. The van der Waals surface area contributed by atoms with Gasteiger partial charge in [0.05, 0.1) is 0 Å². The molecule has 6 unspecified atom stereocenters. The van der Waals surface area contributed by atoms with E-state index in [2.05, 4.69) is 121 Å². The van der Waals surface area contributed by atoms with Gasteiger partial charge >= 0.3 is 0 Å². The molecule has 0 amide bonds. The van der Waals surface area contributed by atoms with Crippen LogP contribution in [0.15, 0.2) is 129 Å². The second-order valence-electron chi connectivity index (χ2n) is 12.3. The summed E-state index contributed by atoms with van der Waals surface area (Å²) in [5.41, 5.74) is 9.83. The van der Waals surface area contributed by atoms with E-state index in [0.717, 1.165) is 25.2 Å². The monoisotopic (exact) mass is 558 g/mol. The van der Waals surface area contributed by atoms with Crippen molar-refractivity contribution in [3.63, 3.8) is 0 Å². The highest BCUT2D eigenvalue weighted by Crippen LogP contribution is 2.61. The lowest BCUT2D eigenvalue weighted by atomic mass is 9.62. The molecule has 202 valence electrons. The zero-order valence-corrected chi connectivity index (χ0v) is 24.8. The largest absolute Gasteiger partial charge is 0.122 e. The van der Waals surface area contributed by atoms with Crippen molar-refractivity contribution in [2.24, 2.45) is 23.7 Å². The summed E-state index contributed by atoms with van der Waals surface area (Å²) in [6, 6.07) is 11.1. The topological polar surface area (TPSA) is 0 Å². The molecule has 0 fully saturated rings. The molecule has 0 bridgehead atoms. The van der Waals surface area contributed by atoms with E-state index in [4.69, 9.17) is 0 Å². The molecular formula is C38H38S2. The maximum absolute atomic E-state index is 2.60. The fourth-order valence-electron chi connectivity index (χ4n) is 8.38. The number of hydrogen-bond acceptors (Lipinski definition) is 2. The highest BCUT2D eigenvalue weighted by molar-refractivity contribution is 8.04. The predicted octanol–water partition coefficient (Wildman–Crippen LogP) is 10.5. The molecule has 1 aromatic rings. The second kappa shape index (κ2) is 10.8. The molecular weight excluding hydrogens is 521 g/mol. The van der Waals surface area contributed by atoms with E-state index in [-0.39, 0.29) is 0 Å². The summed E-state index contributed by atoms with van der Waals surface area (Å²) in [7, 11) is 0. The van der Waals surface area contributed by atoms with Crippen molar-refractivity contribution in [3.05, 3.63) is 135 Å². The van der Waals surface area contributed by atoms with E-state index in [1.807, 2.05) is 0 Å². The Kier molecular flexibility index (Phi) is 6.81. The molecule has 0 nitrogen and oxygen atoms in total. The maximum atomic E-state index is 2.60. The first-order chi connectivity index (χ1) is 19.8. The molecule has 7 aliphatic rings. The average Bonchev–Trinajstić information content (AvgIpc) is 3.03. The van der Waals surface area contributed by atoms with Crippen molar-refractivity contribution in [1.29, 1.82) is 0 Å². The first kappa shape index (κ1) is 25.3. The lowest BCUT2D eigenvalue weighted by Crippen LogP contribution is -2.41. The third kappa shape index (κ3) is 4.38. The third-order valence-corrected chi connectivity index (χ3v) is 13.0. The summed E-state index contributed by atoms with van der Waals surface area (Å²) >= 11 is 4.40. The summed E-state index contributed by atoms with van der Waals surface area (Å²) in [6.07, 6.45) is 36.8. The Labute approximate surface area is 248 Å². The van der Waals surface area contributed by atoms with Crippen LogP contribution in [0.5, 0.6) is 0 Å². The third-order valence-electron chi connectivity index (χ3n) is 10.1. The summed E-state index contributed by atoms with van der Waals surface area (Å²) in [4.78, 5) is 3.29. The normalized spacial score (nSPS) is 34.4. The van der Waals surface area contributed by atoms with Crippen LogP contribution in [0.25, 0.3) is 5.57 Å². The van der Waals surface area contributed by atoms with Gasteiger partial charge in [0, 0.05) is 27.2 Å². The van der Waals surface area contributed by atoms with Crippen molar-refractivity contribution >= 4 is 29.1 Å². The second-order valence-corrected chi connectivity index (χ2v) is 14.8. The Morgan fingerprint density at radius 2 is 1.68 bits per heavy atom. The number of allylic oxidation sites excluding steroid dienone is 15. The van der Waals surface area contributed by atoms with Gasteiger partial charge in [-0.15, -0.1) is 23.5 Å². The van der Waals surface area contributed by atoms with Crippen LogP contribution in [0.1, 0.15) is 56.9 Å². The summed E-state index contributed by atoms with van der Waals surface area (Å²) in [5, 5.41) is 1.19. The van der Waals surface area contributed by atoms with Crippen molar-refractivity contribution in [1.82, 2.24) is 0 Å². The number of thioether (sulfide) groups is 2. The molecule has 5 aliphatic carbocycles. The first-order valence-electron chi connectivity index (χ1n) is 15.5. The summed E-state index contributed by atoms with van der Waals surface area (Å²) < 4.78 is 0. The van der Waals surface area contributed by atoms with Crippen LogP contribution in [-0.4, -0.2) is 10.5 Å². The molecule has 0 saturated carbocycles. The quantitative estimate of drug-likeness (QED) is 0.338. The minimum Gasteiger partial charge on any atom is -0.122 e. The molecule has 2 heteroatoms. The van der Waals surface area contributed by atoms with Gasteiger partial charge < -0.3 is 0 Å². The highest BCUT2D eigenvalue weighted by Gasteiger charge is 2.48. The molecule has 0 aromatic heterocycles. The first-order valence-corrected chi connectivity index (χ1v) is 17.2. The molecule has 8 rings (SSSR count). The van der Waals surface area contributed by atoms with Gasteiger partial charge in [-0.05, 0) is 108 Å². The van der Waals surface area contributed by atoms with Crippen LogP contribution in [0.3, 0.4) is 0 Å². The van der Waals surface area contributed by atoms with Crippen LogP contribution >= 0.6 is 23.5 Å². The van der Waals surface area contributed by atoms with Crippen molar-refractivity contribution < 1.29 is 0 Å². The zero-order chi connectivity index (χ0) is 26.5. The maximum Gasteiger partial charge on any atom is 0.0350 e. The molecule has 0 spiro atoms. The molecule has 0 saturated heterocycles. The van der Waals surface area contributed by atoms with E-state index in [0.29, 0.717) is 28.3 Å². The number of benzene rings is 1. The lowest BCUT2D eigenvalue weighted by Gasteiger charge is -2.50. The Bertz CT molecular complexity index is 1470. The fourth-order valence-corrected chi connectivity index (χ4v) is 11.5. The van der Waals surface area contributed by atoms with E-state index < -0.39 is 0 Å². The molecule has 40 heavy (non-hydrogen) atoms. The van der Waals surface area contributed by atoms with Gasteiger partial charge in [0.1, 0.15) is 0 Å². The molecule has 0 N–H and O–H groups in total. The molecule has 2 heterocycles. The van der Waals surface area contributed by atoms with E-state index in [1.54, 1.807) is 32.1 Å². The number of rotatable bonds is 3. The van der Waals surface area contributed by atoms with Crippen LogP contribution < -0.4 is 0 Å². The number of fused-ring (bicyclic) bond motifs is 2. The Hall–Kier alpha value is -2.42. The number of hydrogen-bond donors (Lipinski definition) is 0. The van der Waals surface area contributed by atoms with Crippen molar-refractivity contribution in [2.75, 3.05) is 0 Å². The molecule has 6 atom stereocenters. The van der Waals surface area contributed by atoms with Gasteiger partial charge in [-0.1, -0.05) is 91.1 Å². The molecule has 2 aliphatic heterocycles. The highest BCUT2D eigenvalue weighted by atomic mass is 32.2. The Morgan fingerprint density at radius 3 is 2.58 bits per heavy atom. The van der Waals surface area contributed by atoms with E-state index in [1.165, 1.54) is 43.2 Å². The Morgan fingerprint density at radius 1 is 0.750 bits per heavy atom. The average molecular weight is 559 g/mol. The van der Waals surface area contributed by atoms with E-state index in [9.17, 15) is 0 Å². The van der Waals surface area contributed by atoms with Gasteiger partial charge in [-0.25, -0.2) is 0 Å². The molecule has 0 radical (unpaired) electrons. The standard InChI is InChI=1S/C38H38S2/c1-3-12-25(13-4-1)27-22-23-31-35(24-27)40-34-21-11-18-28(26-14-5-2-6-15-26)37(34)38(31)36-29-16-7-9-19-32(29)39-33-20-10-8-17-30(33)36/h1-7,10-14,16,18,20,24,26,30,33-34,36,38H,8-9,15,17,19,21-23H2. The lowest BCUT2D eigenvalue weighted by molar-refractivity contribution is 0.293. The smallest absolute Gasteiger partial charge is 0.0350 e. The van der Waals surface area contributed by atoms with Gasteiger partial charge in [-0.3, -0.25) is 0 Å².